The monoisotopic (exact) mass is 465 g/mol. The zero-order valence-corrected chi connectivity index (χ0v) is 19.7. The van der Waals surface area contributed by atoms with Gasteiger partial charge in [0.1, 0.15) is 10.6 Å². The Hall–Kier alpha value is -2.48. The molecular weight excluding hydrogens is 441 g/mol. The molecule has 1 aliphatic heterocycles. The van der Waals surface area contributed by atoms with Crippen LogP contribution in [0.3, 0.4) is 0 Å². The average Bonchev–Trinajstić information content (AvgIpc) is 3.17. The molecule has 5 rings (SSSR count). The first-order chi connectivity index (χ1) is 15.5. The molecule has 0 saturated carbocycles. The molecule has 0 fully saturated rings. The summed E-state index contributed by atoms with van der Waals surface area (Å²) in [6.45, 7) is 6.26. The second-order valence-electron chi connectivity index (χ2n) is 8.28. The Morgan fingerprint density at radius 1 is 1.12 bits per heavy atom. The summed E-state index contributed by atoms with van der Waals surface area (Å²) in [6, 6.07) is 16.6. The van der Waals surface area contributed by atoms with Crippen LogP contribution < -0.4 is 5.56 Å². The van der Waals surface area contributed by atoms with E-state index < -0.39 is 0 Å². The molecular formula is C25H24FN3OS2. The van der Waals surface area contributed by atoms with Crippen LogP contribution in [0.5, 0.6) is 0 Å². The van der Waals surface area contributed by atoms with Gasteiger partial charge in [-0.05, 0) is 55.7 Å². The van der Waals surface area contributed by atoms with Crippen molar-refractivity contribution in [3.05, 3.63) is 86.8 Å². The summed E-state index contributed by atoms with van der Waals surface area (Å²) in [5.41, 5.74) is 2.97. The predicted octanol–water partition coefficient (Wildman–Crippen LogP) is 5.65. The maximum atomic E-state index is 13.8. The number of halogens is 1. The van der Waals surface area contributed by atoms with Crippen LogP contribution in [0.2, 0.25) is 0 Å². The van der Waals surface area contributed by atoms with E-state index in [4.69, 9.17) is 4.98 Å². The molecule has 164 valence electrons. The fraction of sp³-hybridized carbons (Fsp3) is 0.280. The van der Waals surface area contributed by atoms with E-state index in [1.165, 1.54) is 34.3 Å². The molecule has 4 aromatic rings. The number of benzene rings is 2. The van der Waals surface area contributed by atoms with E-state index in [0.29, 0.717) is 17.0 Å². The van der Waals surface area contributed by atoms with Crippen LogP contribution in [0.1, 0.15) is 29.9 Å². The minimum Gasteiger partial charge on any atom is -0.296 e. The van der Waals surface area contributed by atoms with E-state index in [2.05, 4.69) is 18.7 Å². The highest BCUT2D eigenvalue weighted by atomic mass is 32.2. The fourth-order valence-corrected chi connectivity index (χ4v) is 6.37. The first-order valence-electron chi connectivity index (χ1n) is 10.8. The smallest absolute Gasteiger partial charge is 0.267 e. The van der Waals surface area contributed by atoms with Crippen LogP contribution in [0.15, 0.2) is 64.5 Å². The van der Waals surface area contributed by atoms with Crippen molar-refractivity contribution in [3.8, 4) is 5.69 Å². The molecule has 0 saturated heterocycles. The highest BCUT2D eigenvalue weighted by Crippen LogP contribution is 2.35. The fourth-order valence-electron chi connectivity index (χ4n) is 4.11. The Kier molecular flexibility index (Phi) is 5.88. The van der Waals surface area contributed by atoms with Crippen molar-refractivity contribution >= 4 is 33.3 Å². The van der Waals surface area contributed by atoms with Crippen LogP contribution in [0, 0.1) is 5.82 Å². The lowest BCUT2D eigenvalue weighted by molar-refractivity contribution is 0.206. The van der Waals surface area contributed by atoms with Crippen LogP contribution in [-0.2, 0) is 18.7 Å². The molecule has 0 N–H and O–H groups in total. The third-order valence-corrected chi connectivity index (χ3v) is 8.02. The molecule has 2 aromatic carbocycles. The third-order valence-electron chi connectivity index (χ3n) is 5.90. The summed E-state index contributed by atoms with van der Waals surface area (Å²) in [4.78, 5) is 23.3. The molecule has 7 heteroatoms. The van der Waals surface area contributed by atoms with Crippen molar-refractivity contribution in [2.24, 2.45) is 0 Å². The topological polar surface area (TPSA) is 38.1 Å². The zero-order chi connectivity index (χ0) is 22.2. The number of nitrogens with zero attached hydrogens (tertiary/aromatic N) is 3. The van der Waals surface area contributed by atoms with Gasteiger partial charge in [-0.15, -0.1) is 11.3 Å². The van der Waals surface area contributed by atoms with Gasteiger partial charge in [-0.1, -0.05) is 42.1 Å². The second kappa shape index (κ2) is 8.81. The SMILES string of the molecule is CC(C)N1CCc2c(sc3nc(SCc4ccc(F)cc4)n(-c4ccccc4)c(=O)c23)C1. The van der Waals surface area contributed by atoms with Crippen molar-refractivity contribution in [2.45, 2.75) is 43.8 Å². The lowest BCUT2D eigenvalue weighted by Crippen LogP contribution is -2.35. The summed E-state index contributed by atoms with van der Waals surface area (Å²) in [6.07, 6.45) is 0.876. The highest BCUT2D eigenvalue weighted by Gasteiger charge is 2.26. The maximum absolute atomic E-state index is 13.8. The first-order valence-corrected chi connectivity index (χ1v) is 12.6. The summed E-state index contributed by atoms with van der Waals surface area (Å²) >= 11 is 3.15. The third kappa shape index (κ3) is 4.00. The Morgan fingerprint density at radius 2 is 1.88 bits per heavy atom. The molecule has 32 heavy (non-hydrogen) atoms. The number of aromatic nitrogens is 2. The van der Waals surface area contributed by atoms with E-state index in [-0.39, 0.29) is 11.4 Å². The standard InChI is InChI=1S/C25H24FN3OS2/c1-16(2)28-13-12-20-21(14-28)32-23-22(20)24(30)29(19-6-4-3-5-7-19)25(27-23)31-15-17-8-10-18(26)11-9-17/h3-11,16H,12-15H2,1-2H3. The molecule has 0 amide bonds. The lowest BCUT2D eigenvalue weighted by atomic mass is 10.0. The number of fused-ring (bicyclic) bond motifs is 3. The molecule has 1 aliphatic rings. The normalized spacial score (nSPS) is 14.2. The predicted molar refractivity (Wildman–Crippen MR) is 130 cm³/mol. The van der Waals surface area contributed by atoms with Crippen molar-refractivity contribution in [1.82, 2.24) is 14.5 Å². The first kappa shape index (κ1) is 21.4. The van der Waals surface area contributed by atoms with Crippen LogP contribution in [0.4, 0.5) is 4.39 Å². The van der Waals surface area contributed by atoms with Crippen LogP contribution in [-0.4, -0.2) is 27.0 Å². The Morgan fingerprint density at radius 3 is 2.59 bits per heavy atom. The summed E-state index contributed by atoms with van der Waals surface area (Å²) < 4.78 is 15.0. The number of hydrogen-bond donors (Lipinski definition) is 0. The summed E-state index contributed by atoms with van der Waals surface area (Å²) in [7, 11) is 0. The highest BCUT2D eigenvalue weighted by molar-refractivity contribution is 7.98. The van der Waals surface area contributed by atoms with E-state index in [1.807, 2.05) is 30.3 Å². The second-order valence-corrected chi connectivity index (χ2v) is 10.3. The molecule has 0 aliphatic carbocycles. The van der Waals surface area contributed by atoms with Crippen molar-refractivity contribution in [3.63, 3.8) is 0 Å². The Bertz CT molecular complexity index is 1310. The number of thioether (sulfide) groups is 1. The summed E-state index contributed by atoms with van der Waals surface area (Å²) in [5, 5.41) is 1.43. The molecule has 0 atom stereocenters. The zero-order valence-electron chi connectivity index (χ0n) is 18.0. The van der Waals surface area contributed by atoms with Gasteiger partial charge in [0.25, 0.3) is 5.56 Å². The van der Waals surface area contributed by atoms with Gasteiger partial charge in [0, 0.05) is 29.8 Å². The number of hydrogen-bond acceptors (Lipinski definition) is 5. The minimum atomic E-state index is -0.251. The summed E-state index contributed by atoms with van der Waals surface area (Å²) in [5.74, 6) is 0.358. The van der Waals surface area contributed by atoms with Gasteiger partial charge in [0.2, 0.25) is 0 Å². The van der Waals surface area contributed by atoms with Crippen molar-refractivity contribution < 1.29 is 4.39 Å². The van der Waals surface area contributed by atoms with Gasteiger partial charge in [0.15, 0.2) is 5.16 Å². The van der Waals surface area contributed by atoms with Crippen LogP contribution >= 0.6 is 23.1 Å². The van der Waals surface area contributed by atoms with E-state index in [1.54, 1.807) is 28.0 Å². The minimum absolute atomic E-state index is 0.00157. The number of para-hydroxylation sites is 1. The molecule has 0 bridgehead atoms. The van der Waals surface area contributed by atoms with Crippen molar-refractivity contribution in [1.29, 1.82) is 0 Å². The number of thiophene rings is 1. The Balaban J connectivity index is 1.62. The molecule has 0 unspecified atom stereocenters. The van der Waals surface area contributed by atoms with Gasteiger partial charge in [-0.3, -0.25) is 14.3 Å². The quantitative estimate of drug-likeness (QED) is 0.282. The van der Waals surface area contributed by atoms with E-state index in [0.717, 1.165) is 41.0 Å². The van der Waals surface area contributed by atoms with Gasteiger partial charge in [-0.2, -0.15) is 0 Å². The van der Waals surface area contributed by atoms with Gasteiger partial charge < -0.3 is 0 Å². The lowest BCUT2D eigenvalue weighted by Gasteiger charge is -2.30. The largest absolute Gasteiger partial charge is 0.296 e. The maximum Gasteiger partial charge on any atom is 0.267 e. The molecule has 0 spiro atoms. The molecule has 3 heterocycles. The molecule has 2 aromatic heterocycles. The van der Waals surface area contributed by atoms with Gasteiger partial charge in [0.05, 0.1) is 11.1 Å². The van der Waals surface area contributed by atoms with Gasteiger partial charge in [-0.25, -0.2) is 9.37 Å². The average molecular weight is 466 g/mol. The van der Waals surface area contributed by atoms with Gasteiger partial charge >= 0.3 is 0 Å². The molecule has 0 radical (unpaired) electrons. The van der Waals surface area contributed by atoms with E-state index in [9.17, 15) is 9.18 Å². The molecule has 4 nitrogen and oxygen atoms in total. The van der Waals surface area contributed by atoms with Crippen molar-refractivity contribution in [2.75, 3.05) is 6.54 Å². The van der Waals surface area contributed by atoms with Crippen LogP contribution in [0.25, 0.3) is 15.9 Å². The van der Waals surface area contributed by atoms with E-state index >= 15 is 0 Å². The number of rotatable bonds is 5. The Labute approximate surface area is 194 Å².